The fraction of sp³-hybridized carbons (Fsp3) is 0.348. The molecule has 2 aliphatic rings. The van der Waals surface area contributed by atoms with Crippen LogP contribution in [0.4, 0.5) is 20.2 Å². The van der Waals surface area contributed by atoms with E-state index in [4.69, 9.17) is 16.2 Å². The smallest absolute Gasteiger partial charge is 0.275 e. The van der Waals surface area contributed by atoms with E-state index in [-0.39, 0.29) is 22.3 Å². The Labute approximate surface area is 198 Å². The van der Waals surface area contributed by atoms with Gasteiger partial charge in [-0.15, -0.1) is 11.3 Å². The summed E-state index contributed by atoms with van der Waals surface area (Å²) in [6.07, 6.45) is 2.38. The second-order valence-corrected chi connectivity index (χ2v) is 9.62. The maximum atomic E-state index is 14.2. The predicted molar refractivity (Wildman–Crippen MR) is 126 cm³/mol. The van der Waals surface area contributed by atoms with Gasteiger partial charge in [-0.05, 0) is 24.5 Å². The number of halogens is 2. The van der Waals surface area contributed by atoms with Crippen molar-refractivity contribution in [2.24, 2.45) is 17.4 Å². The highest BCUT2D eigenvalue weighted by Crippen LogP contribution is 2.41. The van der Waals surface area contributed by atoms with Gasteiger partial charge >= 0.3 is 0 Å². The molecule has 0 radical (unpaired) electrons. The number of amides is 1. The van der Waals surface area contributed by atoms with Gasteiger partial charge in [0, 0.05) is 36.5 Å². The fourth-order valence-corrected chi connectivity index (χ4v) is 5.46. The van der Waals surface area contributed by atoms with Gasteiger partial charge in [0.1, 0.15) is 22.3 Å². The molecule has 5 rings (SSSR count). The lowest BCUT2D eigenvalue weighted by Gasteiger charge is -2.38. The van der Waals surface area contributed by atoms with Crippen molar-refractivity contribution in [2.45, 2.75) is 32.0 Å². The lowest BCUT2D eigenvalue weighted by atomic mass is 9.95. The molecule has 2 aliphatic heterocycles. The summed E-state index contributed by atoms with van der Waals surface area (Å²) in [7, 11) is 0. The topological polar surface area (TPSA) is 119 Å². The number of pyridine rings is 1. The number of anilines is 2. The van der Waals surface area contributed by atoms with Gasteiger partial charge < -0.3 is 20.7 Å². The Kier molecular flexibility index (Phi) is 5.92. The van der Waals surface area contributed by atoms with Crippen molar-refractivity contribution < 1.29 is 18.3 Å². The van der Waals surface area contributed by atoms with Gasteiger partial charge in [0.25, 0.3) is 5.91 Å². The van der Waals surface area contributed by atoms with E-state index < -0.39 is 23.8 Å². The van der Waals surface area contributed by atoms with Crippen LogP contribution in [0, 0.1) is 17.6 Å². The maximum Gasteiger partial charge on any atom is 0.275 e. The van der Waals surface area contributed by atoms with Crippen molar-refractivity contribution in [1.29, 1.82) is 0 Å². The maximum absolute atomic E-state index is 14.2. The molecule has 0 saturated carbocycles. The standard InChI is InChI=1S/C23H24F2N6O2S/c1-11-5-12(26)9-31(8-11)20-13-6-18(27)33-22(13)28-7-16(20)29-21(32)17-10-34-23(30-17)19-14(24)3-2-4-15(19)25/h2-4,7,10-12,18H,5-6,8-9,26-27H2,1H3,(H,29,32). The summed E-state index contributed by atoms with van der Waals surface area (Å²) in [5.41, 5.74) is 14.2. The number of fused-ring (bicyclic) bond motifs is 1. The van der Waals surface area contributed by atoms with Crippen molar-refractivity contribution in [3.05, 3.63) is 52.7 Å². The molecule has 4 heterocycles. The Bertz CT molecular complexity index is 1220. The zero-order valence-electron chi connectivity index (χ0n) is 18.4. The summed E-state index contributed by atoms with van der Waals surface area (Å²) in [4.78, 5) is 23.7. The number of hydrogen-bond donors (Lipinski definition) is 3. The lowest BCUT2D eigenvalue weighted by molar-refractivity contribution is 0.102. The van der Waals surface area contributed by atoms with Crippen LogP contribution in [0.1, 0.15) is 29.4 Å². The number of ether oxygens (including phenoxy) is 1. The molecule has 3 atom stereocenters. The van der Waals surface area contributed by atoms with Gasteiger partial charge in [-0.3, -0.25) is 10.5 Å². The van der Waals surface area contributed by atoms with E-state index >= 15 is 0 Å². The van der Waals surface area contributed by atoms with Crippen LogP contribution in [0.5, 0.6) is 5.88 Å². The fourth-order valence-electron chi connectivity index (χ4n) is 4.61. The van der Waals surface area contributed by atoms with Crippen molar-refractivity contribution >= 4 is 28.6 Å². The third-order valence-corrected chi connectivity index (χ3v) is 6.81. The van der Waals surface area contributed by atoms with Gasteiger partial charge in [0.2, 0.25) is 5.88 Å². The van der Waals surface area contributed by atoms with Crippen molar-refractivity contribution in [3.8, 4) is 16.5 Å². The first kappa shape index (κ1) is 22.6. The molecule has 1 fully saturated rings. The Balaban J connectivity index is 1.47. The summed E-state index contributed by atoms with van der Waals surface area (Å²) < 4.78 is 33.9. The summed E-state index contributed by atoms with van der Waals surface area (Å²) in [6, 6.07) is 3.57. The molecule has 178 valence electrons. The number of nitrogens with two attached hydrogens (primary N) is 2. The number of nitrogens with zero attached hydrogens (tertiary/aromatic N) is 3. The minimum atomic E-state index is -0.738. The van der Waals surface area contributed by atoms with Crippen LogP contribution < -0.4 is 26.4 Å². The van der Waals surface area contributed by atoms with Gasteiger partial charge in [0.05, 0.1) is 23.1 Å². The summed E-state index contributed by atoms with van der Waals surface area (Å²) in [6.45, 7) is 3.51. The molecule has 0 bridgehead atoms. The first-order valence-electron chi connectivity index (χ1n) is 11.0. The molecule has 3 unspecified atom stereocenters. The number of carbonyl (C=O) groups excluding carboxylic acids is 1. The lowest BCUT2D eigenvalue weighted by Crippen LogP contribution is -2.47. The SMILES string of the molecule is CC1CC(N)CN(c2c(NC(=O)c3csc(-c4c(F)cccc4F)n3)cnc3c2CC(N)O3)C1. The monoisotopic (exact) mass is 486 g/mol. The molecule has 1 saturated heterocycles. The average Bonchev–Trinajstić information content (AvgIpc) is 3.39. The Morgan fingerprint density at radius 1 is 1.26 bits per heavy atom. The van der Waals surface area contributed by atoms with Gasteiger partial charge in [-0.1, -0.05) is 13.0 Å². The molecule has 34 heavy (non-hydrogen) atoms. The van der Waals surface area contributed by atoms with Crippen LogP contribution >= 0.6 is 11.3 Å². The highest BCUT2D eigenvalue weighted by Gasteiger charge is 2.32. The van der Waals surface area contributed by atoms with E-state index in [1.165, 1.54) is 17.6 Å². The molecular formula is C23H24F2N6O2S. The summed E-state index contributed by atoms with van der Waals surface area (Å²) in [5.74, 6) is -1.18. The molecule has 8 nitrogen and oxygen atoms in total. The number of carbonyl (C=O) groups is 1. The van der Waals surface area contributed by atoms with Crippen LogP contribution in [0.3, 0.4) is 0 Å². The highest BCUT2D eigenvalue weighted by molar-refractivity contribution is 7.13. The first-order chi connectivity index (χ1) is 16.3. The van der Waals surface area contributed by atoms with E-state index in [2.05, 4.69) is 27.1 Å². The van der Waals surface area contributed by atoms with Crippen LogP contribution in [0.2, 0.25) is 0 Å². The second kappa shape index (κ2) is 8.90. The normalized spacial score (nSPS) is 21.8. The van der Waals surface area contributed by atoms with Crippen molar-refractivity contribution in [2.75, 3.05) is 23.3 Å². The average molecular weight is 487 g/mol. The Morgan fingerprint density at radius 2 is 2.03 bits per heavy atom. The number of thiazole rings is 1. The van der Waals surface area contributed by atoms with Crippen molar-refractivity contribution in [1.82, 2.24) is 9.97 Å². The van der Waals surface area contributed by atoms with E-state index in [1.54, 1.807) is 0 Å². The van der Waals surface area contributed by atoms with Gasteiger partial charge in [-0.25, -0.2) is 18.7 Å². The number of rotatable bonds is 4. The van der Waals surface area contributed by atoms with E-state index in [0.717, 1.165) is 47.7 Å². The summed E-state index contributed by atoms with van der Waals surface area (Å²) in [5, 5.41) is 4.42. The van der Waals surface area contributed by atoms with Gasteiger partial charge in [0.15, 0.2) is 6.23 Å². The van der Waals surface area contributed by atoms with E-state index in [1.807, 2.05) is 0 Å². The summed E-state index contributed by atoms with van der Waals surface area (Å²) >= 11 is 0.992. The molecular weight excluding hydrogens is 462 g/mol. The molecule has 11 heteroatoms. The number of nitrogens with one attached hydrogen (secondary N) is 1. The highest BCUT2D eigenvalue weighted by atomic mass is 32.1. The second-order valence-electron chi connectivity index (χ2n) is 8.76. The molecule has 1 aromatic carbocycles. The van der Waals surface area contributed by atoms with E-state index in [0.29, 0.717) is 30.5 Å². The Morgan fingerprint density at radius 3 is 2.76 bits per heavy atom. The minimum absolute atomic E-state index is 0.0103. The number of benzene rings is 1. The minimum Gasteiger partial charge on any atom is -0.458 e. The number of hydrogen-bond acceptors (Lipinski definition) is 8. The molecule has 5 N–H and O–H groups in total. The van der Waals surface area contributed by atoms with Crippen LogP contribution in [0.15, 0.2) is 29.8 Å². The van der Waals surface area contributed by atoms with Crippen LogP contribution in [0.25, 0.3) is 10.6 Å². The third kappa shape index (κ3) is 4.22. The molecule has 0 aliphatic carbocycles. The zero-order valence-corrected chi connectivity index (χ0v) is 19.2. The van der Waals surface area contributed by atoms with Gasteiger partial charge in [-0.2, -0.15) is 0 Å². The predicted octanol–water partition coefficient (Wildman–Crippen LogP) is 3.13. The number of piperidine rings is 1. The molecule has 2 aromatic heterocycles. The quantitative estimate of drug-likeness (QED) is 0.518. The van der Waals surface area contributed by atoms with Crippen LogP contribution in [-0.2, 0) is 6.42 Å². The van der Waals surface area contributed by atoms with Crippen molar-refractivity contribution in [3.63, 3.8) is 0 Å². The molecule has 1 amide bonds. The number of aromatic nitrogens is 2. The largest absolute Gasteiger partial charge is 0.458 e. The zero-order chi connectivity index (χ0) is 24.0. The molecule has 0 spiro atoms. The first-order valence-corrected chi connectivity index (χ1v) is 11.8. The Hall–Kier alpha value is -3.15. The van der Waals surface area contributed by atoms with Crippen LogP contribution in [-0.4, -0.2) is 41.2 Å². The molecule has 3 aromatic rings. The third-order valence-electron chi connectivity index (χ3n) is 5.95. The van der Waals surface area contributed by atoms with E-state index in [9.17, 15) is 13.6 Å².